The zero-order valence-electron chi connectivity index (χ0n) is 12.4. The highest BCUT2D eigenvalue weighted by Gasteiger charge is 2.06. The van der Waals surface area contributed by atoms with Crippen LogP contribution in [0.3, 0.4) is 0 Å². The quantitative estimate of drug-likeness (QED) is 0.683. The van der Waals surface area contributed by atoms with Gasteiger partial charge in [0.05, 0.1) is 6.61 Å². The van der Waals surface area contributed by atoms with E-state index < -0.39 is 0 Å². The molecule has 0 unspecified atom stereocenters. The largest absolute Gasteiger partial charge is 0.493 e. The van der Waals surface area contributed by atoms with Crippen molar-refractivity contribution < 1.29 is 14.6 Å². The Morgan fingerprint density at radius 2 is 2.10 bits per heavy atom. The fourth-order valence-corrected chi connectivity index (χ4v) is 1.71. The van der Waals surface area contributed by atoms with Gasteiger partial charge in [0.2, 0.25) is 0 Å². The van der Waals surface area contributed by atoms with E-state index in [9.17, 15) is 4.79 Å². The van der Waals surface area contributed by atoms with Gasteiger partial charge in [-0.25, -0.2) is 0 Å². The number of unbranched alkanes of at least 4 members (excludes halogenated alkanes) is 2. The molecule has 1 aromatic rings. The molecule has 0 heterocycles. The zero-order chi connectivity index (χ0) is 14.8. The van der Waals surface area contributed by atoms with Gasteiger partial charge in [0.15, 0.2) is 0 Å². The maximum Gasteiger partial charge on any atom is 0.251 e. The van der Waals surface area contributed by atoms with Crippen LogP contribution in [0, 0.1) is 5.92 Å². The minimum Gasteiger partial charge on any atom is -0.493 e. The maximum absolute atomic E-state index is 12.0. The Hall–Kier alpha value is -1.55. The summed E-state index contributed by atoms with van der Waals surface area (Å²) in [6.07, 6.45) is 2.60. The third-order valence-electron chi connectivity index (χ3n) is 2.80. The van der Waals surface area contributed by atoms with Crippen molar-refractivity contribution in [2.45, 2.75) is 33.1 Å². The lowest BCUT2D eigenvalue weighted by Gasteiger charge is -2.10. The van der Waals surface area contributed by atoms with Crippen molar-refractivity contribution in [3.05, 3.63) is 29.8 Å². The van der Waals surface area contributed by atoms with E-state index in [1.165, 1.54) is 0 Å². The smallest absolute Gasteiger partial charge is 0.251 e. The summed E-state index contributed by atoms with van der Waals surface area (Å²) in [6, 6.07) is 7.24. The van der Waals surface area contributed by atoms with E-state index in [-0.39, 0.29) is 12.5 Å². The highest BCUT2D eigenvalue weighted by molar-refractivity contribution is 5.94. The summed E-state index contributed by atoms with van der Waals surface area (Å²) in [5.41, 5.74) is 0.619. The Bertz CT molecular complexity index is 404. The number of carbonyl (C=O) groups excluding carboxylic acids is 1. The van der Waals surface area contributed by atoms with Gasteiger partial charge in [-0.2, -0.15) is 0 Å². The SMILES string of the molecule is CC(C)COc1cccc(C(=O)NCCCCCO)c1. The zero-order valence-corrected chi connectivity index (χ0v) is 12.4. The van der Waals surface area contributed by atoms with Crippen LogP contribution in [0.4, 0.5) is 0 Å². The van der Waals surface area contributed by atoms with E-state index in [1.54, 1.807) is 12.1 Å². The summed E-state index contributed by atoms with van der Waals surface area (Å²) in [4.78, 5) is 12.0. The predicted octanol–water partition coefficient (Wildman–Crippen LogP) is 2.61. The number of carbonyl (C=O) groups is 1. The third-order valence-corrected chi connectivity index (χ3v) is 2.80. The number of benzene rings is 1. The highest BCUT2D eigenvalue weighted by Crippen LogP contribution is 2.14. The number of aliphatic hydroxyl groups is 1. The standard InChI is InChI=1S/C16H25NO3/c1-13(2)12-20-15-8-6-7-14(11-15)16(19)17-9-4-3-5-10-18/h6-8,11,13,18H,3-5,9-10,12H2,1-2H3,(H,17,19). The Morgan fingerprint density at radius 1 is 1.30 bits per heavy atom. The van der Waals surface area contributed by atoms with Crippen LogP contribution in [-0.4, -0.2) is 30.8 Å². The van der Waals surface area contributed by atoms with E-state index in [1.807, 2.05) is 12.1 Å². The van der Waals surface area contributed by atoms with Crippen molar-refractivity contribution >= 4 is 5.91 Å². The molecular weight excluding hydrogens is 254 g/mol. The van der Waals surface area contributed by atoms with Crippen molar-refractivity contribution in [2.75, 3.05) is 19.8 Å². The van der Waals surface area contributed by atoms with E-state index in [2.05, 4.69) is 19.2 Å². The molecule has 2 N–H and O–H groups in total. The second kappa shape index (κ2) is 9.37. The fraction of sp³-hybridized carbons (Fsp3) is 0.562. The van der Waals surface area contributed by atoms with Gasteiger partial charge in [-0.15, -0.1) is 0 Å². The van der Waals surface area contributed by atoms with Crippen LogP contribution in [0.25, 0.3) is 0 Å². The van der Waals surface area contributed by atoms with Gasteiger partial charge in [-0.1, -0.05) is 19.9 Å². The lowest BCUT2D eigenvalue weighted by atomic mass is 10.2. The molecule has 1 aromatic carbocycles. The molecule has 20 heavy (non-hydrogen) atoms. The topological polar surface area (TPSA) is 58.6 Å². The minimum absolute atomic E-state index is 0.0796. The molecule has 0 aliphatic rings. The molecular formula is C16H25NO3. The van der Waals surface area contributed by atoms with Crippen molar-refractivity contribution in [1.82, 2.24) is 5.32 Å². The van der Waals surface area contributed by atoms with Gasteiger partial charge in [0.1, 0.15) is 5.75 Å². The number of ether oxygens (including phenoxy) is 1. The monoisotopic (exact) mass is 279 g/mol. The van der Waals surface area contributed by atoms with Crippen molar-refractivity contribution in [3.63, 3.8) is 0 Å². The highest BCUT2D eigenvalue weighted by atomic mass is 16.5. The number of amides is 1. The van der Waals surface area contributed by atoms with Crippen LogP contribution in [0.1, 0.15) is 43.5 Å². The van der Waals surface area contributed by atoms with Crippen molar-refractivity contribution in [1.29, 1.82) is 0 Å². The Kier molecular flexibility index (Phi) is 7.73. The number of nitrogens with one attached hydrogen (secondary N) is 1. The minimum atomic E-state index is -0.0796. The Balaban J connectivity index is 2.41. The molecule has 0 radical (unpaired) electrons. The van der Waals surface area contributed by atoms with Gasteiger partial charge in [0, 0.05) is 18.7 Å². The molecule has 0 saturated heterocycles. The summed E-state index contributed by atoms with van der Waals surface area (Å²) in [6.45, 7) is 5.66. The second-order valence-electron chi connectivity index (χ2n) is 5.27. The first kappa shape index (κ1) is 16.5. The van der Waals surface area contributed by atoms with E-state index in [4.69, 9.17) is 9.84 Å². The number of rotatable bonds is 9. The first-order chi connectivity index (χ1) is 9.63. The summed E-state index contributed by atoms with van der Waals surface area (Å²) >= 11 is 0. The normalized spacial score (nSPS) is 10.6. The van der Waals surface area contributed by atoms with E-state index in [0.717, 1.165) is 25.0 Å². The Morgan fingerprint density at radius 3 is 2.80 bits per heavy atom. The van der Waals surface area contributed by atoms with Gasteiger partial charge < -0.3 is 15.2 Å². The van der Waals surface area contributed by atoms with E-state index >= 15 is 0 Å². The van der Waals surface area contributed by atoms with Crippen molar-refractivity contribution in [2.24, 2.45) is 5.92 Å². The fourth-order valence-electron chi connectivity index (χ4n) is 1.71. The van der Waals surface area contributed by atoms with Gasteiger partial charge in [-0.3, -0.25) is 4.79 Å². The molecule has 0 aliphatic heterocycles. The van der Waals surface area contributed by atoms with Crippen LogP contribution < -0.4 is 10.1 Å². The lowest BCUT2D eigenvalue weighted by molar-refractivity contribution is 0.0952. The summed E-state index contributed by atoms with van der Waals surface area (Å²) in [5, 5.41) is 11.5. The molecule has 1 amide bonds. The molecule has 4 heteroatoms. The average molecular weight is 279 g/mol. The number of aliphatic hydroxyl groups excluding tert-OH is 1. The van der Waals surface area contributed by atoms with Crippen LogP contribution in [-0.2, 0) is 0 Å². The molecule has 0 saturated carbocycles. The van der Waals surface area contributed by atoms with Gasteiger partial charge in [0.25, 0.3) is 5.91 Å². The second-order valence-corrected chi connectivity index (χ2v) is 5.27. The summed E-state index contributed by atoms with van der Waals surface area (Å²) in [7, 11) is 0. The molecule has 0 atom stereocenters. The molecule has 4 nitrogen and oxygen atoms in total. The Labute approximate surface area is 121 Å². The predicted molar refractivity (Wildman–Crippen MR) is 80.0 cm³/mol. The van der Waals surface area contributed by atoms with Crippen LogP contribution >= 0.6 is 0 Å². The molecule has 0 fully saturated rings. The number of hydrogen-bond donors (Lipinski definition) is 2. The molecule has 0 aliphatic carbocycles. The maximum atomic E-state index is 12.0. The first-order valence-electron chi connectivity index (χ1n) is 7.25. The summed E-state index contributed by atoms with van der Waals surface area (Å²) < 4.78 is 5.61. The van der Waals surface area contributed by atoms with Gasteiger partial charge in [-0.05, 0) is 43.4 Å². The van der Waals surface area contributed by atoms with Crippen LogP contribution in [0.5, 0.6) is 5.75 Å². The number of hydrogen-bond acceptors (Lipinski definition) is 3. The molecule has 0 aromatic heterocycles. The lowest BCUT2D eigenvalue weighted by Crippen LogP contribution is -2.24. The molecule has 0 bridgehead atoms. The molecule has 0 spiro atoms. The van der Waals surface area contributed by atoms with E-state index in [0.29, 0.717) is 24.6 Å². The summed E-state index contributed by atoms with van der Waals surface area (Å²) in [5.74, 6) is 1.11. The van der Waals surface area contributed by atoms with Gasteiger partial charge >= 0.3 is 0 Å². The molecule has 112 valence electrons. The molecule has 1 rings (SSSR count). The third kappa shape index (κ3) is 6.57. The van der Waals surface area contributed by atoms with Crippen molar-refractivity contribution in [3.8, 4) is 5.75 Å². The average Bonchev–Trinajstić information content (AvgIpc) is 2.45. The van der Waals surface area contributed by atoms with Crippen LogP contribution in [0.2, 0.25) is 0 Å². The first-order valence-corrected chi connectivity index (χ1v) is 7.25. The van der Waals surface area contributed by atoms with Crippen LogP contribution in [0.15, 0.2) is 24.3 Å².